The van der Waals surface area contributed by atoms with Crippen LogP contribution in [0.2, 0.25) is 0 Å². The number of methoxy groups -OCH3 is 1. The van der Waals surface area contributed by atoms with Gasteiger partial charge in [-0.1, -0.05) is 23.9 Å². The predicted octanol–water partition coefficient (Wildman–Crippen LogP) is 2.23. The van der Waals surface area contributed by atoms with Gasteiger partial charge in [0.1, 0.15) is 16.8 Å². The molecule has 2 aromatic rings. The quantitative estimate of drug-likeness (QED) is 0.712. The van der Waals surface area contributed by atoms with Crippen LogP contribution in [0, 0.1) is 6.92 Å². The highest BCUT2D eigenvalue weighted by Crippen LogP contribution is 2.41. The second kappa shape index (κ2) is 8.65. The number of aryl methyl sites for hydroxylation is 1. The maximum atomic E-state index is 13.2. The third kappa shape index (κ3) is 3.89. The zero-order valence-electron chi connectivity index (χ0n) is 17.3. The molecule has 1 amide bonds. The molecule has 1 aromatic carbocycles. The molecule has 9 nitrogen and oxygen atoms in total. The van der Waals surface area contributed by atoms with Crippen molar-refractivity contribution < 1.29 is 19.1 Å². The van der Waals surface area contributed by atoms with Crippen molar-refractivity contribution in [3.05, 3.63) is 35.7 Å². The summed E-state index contributed by atoms with van der Waals surface area (Å²) in [7, 11) is 1.63. The van der Waals surface area contributed by atoms with E-state index in [4.69, 9.17) is 9.47 Å². The zero-order valence-corrected chi connectivity index (χ0v) is 18.1. The van der Waals surface area contributed by atoms with Crippen LogP contribution in [0.1, 0.15) is 29.1 Å². The normalized spacial score (nSPS) is 20.2. The van der Waals surface area contributed by atoms with Gasteiger partial charge in [-0.2, -0.15) is 4.68 Å². The first kappa shape index (κ1) is 20.7. The van der Waals surface area contributed by atoms with Crippen molar-refractivity contribution in [2.45, 2.75) is 30.3 Å². The van der Waals surface area contributed by atoms with E-state index in [-0.39, 0.29) is 23.3 Å². The summed E-state index contributed by atoms with van der Waals surface area (Å²) in [6, 6.07) is 7.61. The maximum absolute atomic E-state index is 13.2. The minimum atomic E-state index is -0.373. The van der Waals surface area contributed by atoms with Crippen LogP contribution in [-0.4, -0.2) is 81.7 Å². The molecule has 2 unspecified atom stereocenters. The van der Waals surface area contributed by atoms with Gasteiger partial charge in [0, 0.05) is 26.2 Å². The molecular weight excluding hydrogens is 406 g/mol. The van der Waals surface area contributed by atoms with E-state index in [0.29, 0.717) is 43.8 Å². The Kier molecular flexibility index (Phi) is 5.96. The SMILES string of the molecule is CCOC(=O)N1CCN(C(c2cccc(OC)c2)C2Sc3nc(C)nn3C2=O)CC1. The molecule has 160 valence electrons. The fraction of sp³-hybridized carbons (Fsp3) is 0.500. The average Bonchev–Trinajstić information content (AvgIpc) is 3.26. The largest absolute Gasteiger partial charge is 0.497 e. The van der Waals surface area contributed by atoms with Crippen LogP contribution in [0.25, 0.3) is 0 Å². The molecule has 0 saturated carbocycles. The molecule has 1 saturated heterocycles. The Morgan fingerprint density at radius 3 is 2.73 bits per heavy atom. The van der Waals surface area contributed by atoms with E-state index >= 15 is 0 Å². The number of hydrogen-bond donors (Lipinski definition) is 0. The summed E-state index contributed by atoms with van der Waals surface area (Å²) < 4.78 is 11.9. The van der Waals surface area contributed by atoms with Crippen molar-refractivity contribution in [2.75, 3.05) is 39.9 Å². The van der Waals surface area contributed by atoms with E-state index < -0.39 is 0 Å². The number of carbonyl (C=O) groups excluding carboxylic acids is 2. The number of benzene rings is 1. The fourth-order valence-corrected chi connectivity index (χ4v) is 5.20. The molecule has 1 fully saturated rings. The Balaban J connectivity index is 1.60. The Morgan fingerprint density at radius 1 is 1.30 bits per heavy atom. The molecule has 0 radical (unpaired) electrons. The van der Waals surface area contributed by atoms with Gasteiger partial charge in [-0.25, -0.2) is 9.78 Å². The lowest BCUT2D eigenvalue weighted by molar-refractivity contribution is 0.0600. The number of thioether (sulfide) groups is 1. The molecule has 10 heteroatoms. The van der Waals surface area contributed by atoms with E-state index in [2.05, 4.69) is 15.0 Å². The summed E-state index contributed by atoms with van der Waals surface area (Å²) in [5, 5.41) is 4.51. The topological polar surface area (TPSA) is 89.8 Å². The number of hydrogen-bond acceptors (Lipinski definition) is 8. The Labute approximate surface area is 179 Å². The number of nitrogens with zero attached hydrogens (tertiary/aromatic N) is 5. The molecular formula is C20H25N5O4S. The minimum absolute atomic E-state index is 0.0729. The molecule has 0 N–H and O–H groups in total. The summed E-state index contributed by atoms with van der Waals surface area (Å²) in [4.78, 5) is 33.6. The number of aromatic nitrogens is 3. The fourth-order valence-electron chi connectivity index (χ4n) is 3.90. The van der Waals surface area contributed by atoms with Gasteiger partial charge in [-0.05, 0) is 31.5 Å². The van der Waals surface area contributed by atoms with Crippen molar-refractivity contribution in [1.82, 2.24) is 24.6 Å². The van der Waals surface area contributed by atoms with Crippen molar-refractivity contribution in [3.63, 3.8) is 0 Å². The lowest BCUT2D eigenvalue weighted by Crippen LogP contribution is -2.52. The van der Waals surface area contributed by atoms with Gasteiger partial charge in [0.15, 0.2) is 5.16 Å². The van der Waals surface area contributed by atoms with Gasteiger partial charge in [-0.3, -0.25) is 9.69 Å². The molecule has 30 heavy (non-hydrogen) atoms. The second-order valence-electron chi connectivity index (χ2n) is 7.17. The molecule has 3 heterocycles. The van der Waals surface area contributed by atoms with Gasteiger partial charge in [0.05, 0.1) is 19.8 Å². The van der Waals surface area contributed by atoms with Gasteiger partial charge in [0.2, 0.25) is 0 Å². The van der Waals surface area contributed by atoms with E-state index in [1.165, 1.54) is 16.4 Å². The molecule has 2 aliphatic rings. The lowest BCUT2D eigenvalue weighted by Gasteiger charge is -2.40. The minimum Gasteiger partial charge on any atom is -0.497 e. The Morgan fingerprint density at radius 2 is 2.07 bits per heavy atom. The van der Waals surface area contributed by atoms with E-state index in [9.17, 15) is 9.59 Å². The van der Waals surface area contributed by atoms with E-state index in [1.807, 2.05) is 24.3 Å². The second-order valence-corrected chi connectivity index (χ2v) is 8.28. The first-order valence-electron chi connectivity index (χ1n) is 9.96. The molecule has 0 bridgehead atoms. The molecule has 0 aliphatic carbocycles. The van der Waals surface area contributed by atoms with Gasteiger partial charge in [0.25, 0.3) is 5.91 Å². The lowest BCUT2D eigenvalue weighted by atomic mass is 9.99. The number of amides is 1. The first-order chi connectivity index (χ1) is 14.5. The van der Waals surface area contributed by atoms with Gasteiger partial charge >= 0.3 is 6.09 Å². The molecule has 2 atom stereocenters. The number of piperazine rings is 1. The number of carbonyl (C=O) groups is 2. The molecule has 1 aromatic heterocycles. The summed E-state index contributed by atoms with van der Waals surface area (Å²) in [5.74, 6) is 1.26. The van der Waals surface area contributed by atoms with Crippen molar-refractivity contribution in [3.8, 4) is 5.75 Å². The van der Waals surface area contributed by atoms with Crippen LogP contribution >= 0.6 is 11.8 Å². The zero-order chi connectivity index (χ0) is 21.3. The van der Waals surface area contributed by atoms with Crippen LogP contribution < -0.4 is 4.74 Å². The Hall–Kier alpha value is -2.59. The number of fused-ring (bicyclic) bond motifs is 1. The highest BCUT2D eigenvalue weighted by Gasteiger charge is 2.43. The highest BCUT2D eigenvalue weighted by atomic mass is 32.2. The Bertz CT molecular complexity index is 941. The first-order valence-corrected chi connectivity index (χ1v) is 10.8. The summed E-state index contributed by atoms with van der Waals surface area (Å²) in [6.45, 7) is 6.31. The maximum Gasteiger partial charge on any atom is 0.409 e. The summed E-state index contributed by atoms with van der Waals surface area (Å²) in [5.41, 5.74) is 0.993. The summed E-state index contributed by atoms with van der Waals surface area (Å²) >= 11 is 1.44. The number of ether oxygens (including phenoxy) is 2. The predicted molar refractivity (Wildman–Crippen MR) is 111 cm³/mol. The third-order valence-electron chi connectivity index (χ3n) is 5.32. The van der Waals surface area contributed by atoms with E-state index in [1.54, 1.807) is 25.9 Å². The van der Waals surface area contributed by atoms with Crippen molar-refractivity contribution in [2.24, 2.45) is 0 Å². The standard InChI is InChI=1S/C20H25N5O4S/c1-4-29-20(27)24-10-8-23(9-11-24)16(14-6-5-7-15(12-14)28-3)17-18(26)25-19(30-17)21-13(2)22-25/h5-7,12,16-17H,4,8-11H2,1-3H3. The molecule has 0 spiro atoms. The average molecular weight is 432 g/mol. The van der Waals surface area contributed by atoms with Crippen LogP contribution in [0.3, 0.4) is 0 Å². The smallest absolute Gasteiger partial charge is 0.409 e. The van der Waals surface area contributed by atoms with Crippen LogP contribution in [0.5, 0.6) is 5.75 Å². The van der Waals surface area contributed by atoms with E-state index in [0.717, 1.165) is 11.3 Å². The van der Waals surface area contributed by atoms with Crippen LogP contribution in [0.15, 0.2) is 29.4 Å². The summed E-state index contributed by atoms with van der Waals surface area (Å²) in [6.07, 6.45) is -0.291. The van der Waals surface area contributed by atoms with Crippen molar-refractivity contribution in [1.29, 1.82) is 0 Å². The molecule has 4 rings (SSSR count). The molecule has 2 aliphatic heterocycles. The van der Waals surface area contributed by atoms with Crippen LogP contribution in [0.4, 0.5) is 4.79 Å². The van der Waals surface area contributed by atoms with Crippen molar-refractivity contribution >= 4 is 23.8 Å². The third-order valence-corrected chi connectivity index (χ3v) is 6.51. The monoisotopic (exact) mass is 431 g/mol. The number of rotatable bonds is 5. The van der Waals surface area contributed by atoms with Gasteiger partial charge in [-0.15, -0.1) is 5.10 Å². The van der Waals surface area contributed by atoms with Gasteiger partial charge < -0.3 is 14.4 Å². The van der Waals surface area contributed by atoms with Crippen LogP contribution in [-0.2, 0) is 4.74 Å². The highest BCUT2D eigenvalue weighted by molar-refractivity contribution is 8.00.